The molecule has 136 valence electrons. The highest BCUT2D eigenvalue weighted by molar-refractivity contribution is 5.97. The Hall–Kier alpha value is -2.60. The minimum absolute atomic E-state index is 0.0959. The number of hydrogen-bond acceptors (Lipinski definition) is 5. The van der Waals surface area contributed by atoms with Crippen molar-refractivity contribution in [2.24, 2.45) is 0 Å². The Morgan fingerprint density at radius 1 is 1.35 bits per heavy atom. The van der Waals surface area contributed by atoms with Gasteiger partial charge in [-0.2, -0.15) is 0 Å². The summed E-state index contributed by atoms with van der Waals surface area (Å²) in [7, 11) is 1.61. The van der Waals surface area contributed by atoms with Crippen molar-refractivity contribution in [3.63, 3.8) is 0 Å². The highest BCUT2D eigenvalue weighted by atomic mass is 16.5. The van der Waals surface area contributed by atoms with E-state index in [1.165, 1.54) is 0 Å². The summed E-state index contributed by atoms with van der Waals surface area (Å²) in [4.78, 5) is 19.2. The van der Waals surface area contributed by atoms with Gasteiger partial charge >= 0.3 is 0 Å². The monoisotopic (exact) mass is 353 g/mol. The lowest BCUT2D eigenvalue weighted by atomic mass is 9.92. The van der Waals surface area contributed by atoms with Gasteiger partial charge in [0.15, 0.2) is 0 Å². The molecule has 0 saturated carbocycles. The molecule has 0 aliphatic carbocycles. The molecule has 2 aliphatic rings. The van der Waals surface area contributed by atoms with E-state index in [0.717, 1.165) is 38.2 Å². The van der Waals surface area contributed by atoms with Crippen LogP contribution in [0, 0.1) is 0 Å². The number of rotatable bonds is 3. The molecule has 1 amide bonds. The molecular formula is C20H23N3O3. The van der Waals surface area contributed by atoms with Crippen LogP contribution in [0.3, 0.4) is 0 Å². The van der Waals surface area contributed by atoms with Crippen LogP contribution in [0.25, 0.3) is 0 Å². The van der Waals surface area contributed by atoms with Crippen LogP contribution < -0.4 is 14.8 Å². The van der Waals surface area contributed by atoms with Crippen molar-refractivity contribution in [2.45, 2.75) is 25.0 Å². The zero-order chi connectivity index (χ0) is 18.0. The van der Waals surface area contributed by atoms with Gasteiger partial charge in [0.2, 0.25) is 0 Å². The van der Waals surface area contributed by atoms with Gasteiger partial charge in [-0.3, -0.25) is 14.7 Å². The molecule has 4 rings (SSSR count). The van der Waals surface area contributed by atoms with Crippen molar-refractivity contribution in [1.82, 2.24) is 15.2 Å². The average molecular weight is 353 g/mol. The zero-order valence-electron chi connectivity index (χ0n) is 14.9. The maximum Gasteiger partial charge on any atom is 0.255 e. The molecular weight excluding hydrogens is 330 g/mol. The van der Waals surface area contributed by atoms with E-state index in [-0.39, 0.29) is 5.91 Å². The Kier molecular flexibility index (Phi) is 4.51. The number of aromatic nitrogens is 1. The van der Waals surface area contributed by atoms with Gasteiger partial charge in [0, 0.05) is 25.4 Å². The lowest BCUT2D eigenvalue weighted by molar-refractivity contribution is -0.00751. The molecule has 1 atom stereocenters. The molecule has 6 nitrogen and oxygen atoms in total. The van der Waals surface area contributed by atoms with Gasteiger partial charge < -0.3 is 14.8 Å². The molecule has 1 N–H and O–H groups in total. The van der Waals surface area contributed by atoms with Crippen LogP contribution >= 0.6 is 0 Å². The molecule has 1 aromatic heterocycles. The van der Waals surface area contributed by atoms with Crippen molar-refractivity contribution in [1.29, 1.82) is 0 Å². The fraction of sp³-hybridized carbons (Fsp3) is 0.400. The van der Waals surface area contributed by atoms with Gasteiger partial charge in [-0.25, -0.2) is 0 Å². The van der Waals surface area contributed by atoms with E-state index in [9.17, 15) is 4.79 Å². The van der Waals surface area contributed by atoms with Crippen LogP contribution in [-0.4, -0.2) is 48.1 Å². The van der Waals surface area contributed by atoms with Crippen LogP contribution in [0.4, 0.5) is 0 Å². The van der Waals surface area contributed by atoms with E-state index in [1.54, 1.807) is 25.3 Å². The summed E-state index contributed by atoms with van der Waals surface area (Å²) < 4.78 is 11.7. The van der Waals surface area contributed by atoms with E-state index in [0.29, 0.717) is 23.6 Å². The SMILES string of the molecule is COc1ccc2c(c1)O[C@@]1(CCCN(Cc3ccccn3)C1)CNC2=O. The summed E-state index contributed by atoms with van der Waals surface area (Å²) in [6.07, 6.45) is 3.74. The number of amides is 1. The second-order valence-corrected chi connectivity index (χ2v) is 6.97. The second-order valence-electron chi connectivity index (χ2n) is 6.97. The van der Waals surface area contributed by atoms with Crippen molar-refractivity contribution >= 4 is 5.91 Å². The lowest BCUT2D eigenvalue weighted by Gasteiger charge is -2.42. The summed E-state index contributed by atoms with van der Waals surface area (Å²) >= 11 is 0. The Labute approximate surface area is 153 Å². The van der Waals surface area contributed by atoms with Crippen molar-refractivity contribution in [2.75, 3.05) is 26.7 Å². The standard InChI is InChI=1S/C20H23N3O3/c1-25-16-6-7-17-18(11-16)26-20(13-22-19(17)24)8-4-10-23(14-20)12-15-5-2-3-9-21-15/h2-3,5-7,9,11H,4,8,10,12-14H2,1H3,(H,22,24)/t20-/m0/s1. The normalized spacial score (nSPS) is 22.9. The summed E-state index contributed by atoms with van der Waals surface area (Å²) in [5, 5.41) is 3.04. The Morgan fingerprint density at radius 3 is 3.08 bits per heavy atom. The molecule has 1 spiro atoms. The Morgan fingerprint density at radius 2 is 2.27 bits per heavy atom. The van der Waals surface area contributed by atoms with Crippen LogP contribution in [-0.2, 0) is 6.54 Å². The first-order valence-corrected chi connectivity index (χ1v) is 8.95. The van der Waals surface area contributed by atoms with Crippen LogP contribution in [0.1, 0.15) is 28.9 Å². The van der Waals surface area contributed by atoms with Gasteiger partial charge in [-0.1, -0.05) is 6.07 Å². The van der Waals surface area contributed by atoms with Gasteiger partial charge in [0.05, 0.1) is 24.9 Å². The number of nitrogens with zero attached hydrogens (tertiary/aromatic N) is 2. The number of likely N-dealkylation sites (tertiary alicyclic amines) is 1. The third kappa shape index (κ3) is 3.37. The first kappa shape index (κ1) is 16.8. The highest BCUT2D eigenvalue weighted by Crippen LogP contribution is 2.34. The molecule has 1 saturated heterocycles. The van der Waals surface area contributed by atoms with Crippen molar-refractivity contribution in [3.05, 3.63) is 53.9 Å². The van der Waals surface area contributed by atoms with Gasteiger partial charge in [0.1, 0.15) is 17.1 Å². The number of carbonyl (C=O) groups excluding carboxylic acids is 1. The molecule has 0 bridgehead atoms. The number of benzene rings is 1. The lowest BCUT2D eigenvalue weighted by Crippen LogP contribution is -2.56. The number of piperidine rings is 1. The minimum atomic E-state index is -0.430. The maximum absolute atomic E-state index is 12.4. The predicted octanol–water partition coefficient (Wildman–Crippen LogP) is 2.25. The fourth-order valence-electron chi connectivity index (χ4n) is 3.78. The highest BCUT2D eigenvalue weighted by Gasteiger charge is 2.41. The minimum Gasteiger partial charge on any atom is -0.497 e. The quantitative estimate of drug-likeness (QED) is 0.917. The molecule has 26 heavy (non-hydrogen) atoms. The molecule has 2 aliphatic heterocycles. The Balaban J connectivity index is 1.57. The van der Waals surface area contributed by atoms with Crippen LogP contribution in [0.5, 0.6) is 11.5 Å². The number of carbonyl (C=O) groups is 1. The van der Waals surface area contributed by atoms with E-state index in [4.69, 9.17) is 9.47 Å². The molecule has 3 heterocycles. The summed E-state index contributed by atoms with van der Waals surface area (Å²) in [5.41, 5.74) is 1.18. The van der Waals surface area contributed by atoms with Crippen molar-refractivity contribution < 1.29 is 14.3 Å². The van der Waals surface area contributed by atoms with E-state index in [2.05, 4.69) is 15.2 Å². The summed E-state index contributed by atoms with van der Waals surface area (Å²) in [6, 6.07) is 11.3. The van der Waals surface area contributed by atoms with Gasteiger partial charge in [-0.05, 0) is 43.7 Å². The number of ether oxygens (including phenoxy) is 2. The third-order valence-electron chi connectivity index (χ3n) is 5.06. The number of pyridine rings is 1. The number of fused-ring (bicyclic) bond motifs is 1. The first-order valence-electron chi connectivity index (χ1n) is 8.95. The zero-order valence-corrected chi connectivity index (χ0v) is 14.9. The van der Waals surface area contributed by atoms with Crippen LogP contribution in [0.15, 0.2) is 42.6 Å². The molecule has 6 heteroatoms. The summed E-state index contributed by atoms with van der Waals surface area (Å²) in [5.74, 6) is 1.19. The van der Waals surface area contributed by atoms with E-state index in [1.807, 2.05) is 24.4 Å². The fourth-order valence-corrected chi connectivity index (χ4v) is 3.78. The topological polar surface area (TPSA) is 63.7 Å². The molecule has 0 radical (unpaired) electrons. The number of methoxy groups -OCH3 is 1. The second kappa shape index (κ2) is 6.96. The third-order valence-corrected chi connectivity index (χ3v) is 5.06. The molecule has 1 aromatic carbocycles. The predicted molar refractivity (Wildman–Crippen MR) is 97.4 cm³/mol. The smallest absolute Gasteiger partial charge is 0.255 e. The van der Waals surface area contributed by atoms with Gasteiger partial charge in [-0.15, -0.1) is 0 Å². The maximum atomic E-state index is 12.4. The summed E-state index contributed by atoms with van der Waals surface area (Å²) in [6.45, 7) is 3.04. The van der Waals surface area contributed by atoms with E-state index >= 15 is 0 Å². The number of nitrogens with one attached hydrogen (secondary N) is 1. The van der Waals surface area contributed by atoms with Crippen LogP contribution in [0.2, 0.25) is 0 Å². The Bertz CT molecular complexity index is 796. The first-order chi connectivity index (χ1) is 12.7. The van der Waals surface area contributed by atoms with Gasteiger partial charge in [0.25, 0.3) is 5.91 Å². The average Bonchev–Trinajstić information content (AvgIpc) is 2.79. The van der Waals surface area contributed by atoms with Crippen molar-refractivity contribution in [3.8, 4) is 11.5 Å². The van der Waals surface area contributed by atoms with E-state index < -0.39 is 5.60 Å². The molecule has 0 unspecified atom stereocenters. The number of hydrogen-bond donors (Lipinski definition) is 1. The molecule has 1 fully saturated rings. The largest absolute Gasteiger partial charge is 0.497 e. The molecule has 2 aromatic rings.